The van der Waals surface area contributed by atoms with Gasteiger partial charge in [-0.25, -0.2) is 27.8 Å². The molecule has 10 heteroatoms. The molecular formula is C16H13F4N5O. The lowest BCUT2D eigenvalue weighted by molar-refractivity contribution is -0.129. The van der Waals surface area contributed by atoms with Crippen LogP contribution in [0.15, 0.2) is 24.4 Å². The molecule has 26 heavy (non-hydrogen) atoms. The number of carbonyl (C=O) groups excluding carboxylic acids is 1. The molecule has 0 aliphatic heterocycles. The van der Waals surface area contributed by atoms with E-state index in [1.807, 2.05) is 0 Å². The van der Waals surface area contributed by atoms with E-state index in [2.05, 4.69) is 15.1 Å². The van der Waals surface area contributed by atoms with E-state index in [-0.39, 0.29) is 34.9 Å². The second kappa shape index (κ2) is 6.70. The van der Waals surface area contributed by atoms with Crippen LogP contribution in [0.3, 0.4) is 0 Å². The number of hydrogen-bond acceptors (Lipinski definition) is 4. The van der Waals surface area contributed by atoms with Gasteiger partial charge in [-0.15, -0.1) is 5.10 Å². The maximum absolute atomic E-state index is 13.9. The zero-order chi connectivity index (χ0) is 19.0. The van der Waals surface area contributed by atoms with Crippen LogP contribution in [0, 0.1) is 11.8 Å². The van der Waals surface area contributed by atoms with Gasteiger partial charge in [-0.05, 0) is 18.2 Å². The van der Waals surface area contributed by atoms with E-state index in [4.69, 9.17) is 0 Å². The fraction of sp³-hybridized carbons (Fsp3) is 0.250. The molecule has 2 aromatic heterocycles. The molecule has 0 aliphatic rings. The van der Waals surface area contributed by atoms with Crippen LogP contribution in [0.4, 0.5) is 17.6 Å². The number of benzene rings is 1. The van der Waals surface area contributed by atoms with E-state index in [0.29, 0.717) is 0 Å². The SMILES string of the molecule is CN(C)C(=O)Cn1nc(F)c2ncc(-c3ccc(F)c(C(F)F)c3)nc21. The van der Waals surface area contributed by atoms with Gasteiger partial charge in [0.05, 0.1) is 17.5 Å². The second-order valence-electron chi connectivity index (χ2n) is 5.70. The minimum absolute atomic E-state index is 0.0156. The van der Waals surface area contributed by atoms with Crippen molar-refractivity contribution in [3.63, 3.8) is 0 Å². The van der Waals surface area contributed by atoms with Gasteiger partial charge in [-0.1, -0.05) is 0 Å². The van der Waals surface area contributed by atoms with Crippen molar-refractivity contribution in [2.75, 3.05) is 14.1 Å². The summed E-state index contributed by atoms with van der Waals surface area (Å²) in [4.78, 5) is 21.2. The summed E-state index contributed by atoms with van der Waals surface area (Å²) in [7, 11) is 3.07. The zero-order valence-corrected chi connectivity index (χ0v) is 13.8. The van der Waals surface area contributed by atoms with Crippen LogP contribution >= 0.6 is 0 Å². The molecule has 6 nitrogen and oxygen atoms in total. The van der Waals surface area contributed by atoms with Crippen LogP contribution in [0.5, 0.6) is 0 Å². The number of aromatic nitrogens is 4. The Morgan fingerprint density at radius 1 is 1.27 bits per heavy atom. The first-order chi connectivity index (χ1) is 12.3. The quantitative estimate of drug-likeness (QED) is 0.666. The fourth-order valence-electron chi connectivity index (χ4n) is 2.29. The average molecular weight is 367 g/mol. The van der Waals surface area contributed by atoms with Crippen molar-refractivity contribution in [1.29, 1.82) is 0 Å². The Hall–Kier alpha value is -3.04. The lowest BCUT2D eigenvalue weighted by Crippen LogP contribution is -2.26. The van der Waals surface area contributed by atoms with E-state index in [0.717, 1.165) is 16.8 Å². The first kappa shape index (κ1) is 17.8. The molecule has 3 aromatic rings. The van der Waals surface area contributed by atoms with E-state index >= 15 is 0 Å². The maximum Gasteiger partial charge on any atom is 0.266 e. The lowest BCUT2D eigenvalue weighted by Gasteiger charge is -2.10. The maximum atomic E-state index is 13.9. The van der Waals surface area contributed by atoms with E-state index < -0.39 is 23.8 Å². The van der Waals surface area contributed by atoms with Gasteiger partial charge in [-0.2, -0.15) is 4.39 Å². The number of carbonyl (C=O) groups is 1. The molecule has 0 unspecified atom stereocenters. The monoisotopic (exact) mass is 367 g/mol. The third kappa shape index (κ3) is 3.22. The van der Waals surface area contributed by atoms with Crippen LogP contribution in [0.2, 0.25) is 0 Å². The van der Waals surface area contributed by atoms with Crippen molar-refractivity contribution in [3.8, 4) is 11.3 Å². The Kier molecular flexibility index (Phi) is 4.58. The summed E-state index contributed by atoms with van der Waals surface area (Å²) in [5.74, 6) is -2.29. The van der Waals surface area contributed by atoms with Crippen molar-refractivity contribution in [2.45, 2.75) is 13.0 Å². The van der Waals surface area contributed by atoms with Gasteiger partial charge in [0.2, 0.25) is 5.91 Å². The molecule has 0 fully saturated rings. The van der Waals surface area contributed by atoms with Crippen molar-refractivity contribution >= 4 is 17.1 Å². The molecule has 0 spiro atoms. The lowest BCUT2D eigenvalue weighted by atomic mass is 10.1. The predicted molar refractivity (Wildman–Crippen MR) is 84.3 cm³/mol. The number of nitrogens with zero attached hydrogens (tertiary/aromatic N) is 5. The molecule has 136 valence electrons. The third-order valence-electron chi connectivity index (χ3n) is 3.71. The first-order valence-corrected chi connectivity index (χ1v) is 7.45. The van der Waals surface area contributed by atoms with Crippen LogP contribution in [-0.4, -0.2) is 44.7 Å². The number of hydrogen-bond donors (Lipinski definition) is 0. The van der Waals surface area contributed by atoms with E-state index in [1.165, 1.54) is 31.3 Å². The van der Waals surface area contributed by atoms with E-state index in [1.54, 1.807) is 0 Å². The number of fused-ring (bicyclic) bond motifs is 1. The Morgan fingerprint density at radius 3 is 2.65 bits per heavy atom. The first-order valence-electron chi connectivity index (χ1n) is 7.45. The topological polar surface area (TPSA) is 63.9 Å². The Labute approximate surface area is 145 Å². The average Bonchev–Trinajstić information content (AvgIpc) is 2.90. The highest BCUT2D eigenvalue weighted by Crippen LogP contribution is 2.28. The van der Waals surface area contributed by atoms with Gasteiger partial charge in [0, 0.05) is 19.7 Å². The molecule has 3 rings (SSSR count). The standard InChI is InChI=1S/C16H13F4N5O/c1-24(2)12(26)7-25-16-13(15(20)23-25)21-6-11(22-16)8-3-4-10(17)9(5-8)14(18)19/h3-6,14H,7H2,1-2H3. The predicted octanol–water partition coefficient (Wildman–Crippen LogP) is 2.80. The molecule has 0 saturated heterocycles. The van der Waals surface area contributed by atoms with Crippen molar-refractivity contribution in [2.24, 2.45) is 0 Å². The van der Waals surface area contributed by atoms with Gasteiger partial charge >= 0.3 is 0 Å². The summed E-state index contributed by atoms with van der Waals surface area (Å²) in [6.45, 7) is -0.267. The smallest absolute Gasteiger partial charge is 0.266 e. The molecule has 1 aromatic carbocycles. The van der Waals surface area contributed by atoms with Gasteiger partial charge < -0.3 is 4.90 Å². The van der Waals surface area contributed by atoms with Crippen molar-refractivity contribution in [1.82, 2.24) is 24.6 Å². The molecule has 0 saturated carbocycles. The highest BCUT2D eigenvalue weighted by atomic mass is 19.3. The van der Waals surface area contributed by atoms with Crippen molar-refractivity contribution in [3.05, 3.63) is 41.7 Å². The summed E-state index contributed by atoms with van der Waals surface area (Å²) in [5.41, 5.74) is -0.637. The molecule has 0 atom stereocenters. The van der Waals surface area contributed by atoms with Gasteiger partial charge in [0.15, 0.2) is 11.2 Å². The van der Waals surface area contributed by atoms with Gasteiger partial charge in [0.1, 0.15) is 12.4 Å². The fourth-order valence-corrected chi connectivity index (χ4v) is 2.29. The highest BCUT2D eigenvalue weighted by Gasteiger charge is 2.19. The van der Waals surface area contributed by atoms with Crippen LogP contribution in [-0.2, 0) is 11.3 Å². The Balaban J connectivity index is 2.09. The molecule has 1 amide bonds. The number of alkyl halides is 2. The normalized spacial score (nSPS) is 11.3. The Morgan fingerprint density at radius 2 is 2.00 bits per heavy atom. The van der Waals surface area contributed by atoms with E-state index in [9.17, 15) is 22.4 Å². The van der Waals surface area contributed by atoms with Crippen molar-refractivity contribution < 1.29 is 22.4 Å². The summed E-state index contributed by atoms with van der Waals surface area (Å²) >= 11 is 0. The number of halogens is 4. The third-order valence-corrected chi connectivity index (χ3v) is 3.71. The highest BCUT2D eigenvalue weighted by molar-refractivity contribution is 5.79. The molecule has 0 radical (unpaired) electrons. The second-order valence-corrected chi connectivity index (χ2v) is 5.70. The largest absolute Gasteiger partial charge is 0.347 e. The molecule has 0 bridgehead atoms. The molecule has 2 heterocycles. The number of rotatable bonds is 4. The van der Waals surface area contributed by atoms with Crippen LogP contribution in [0.1, 0.15) is 12.0 Å². The number of likely N-dealkylation sites (N-methyl/N-ethyl adjacent to an activating group) is 1. The summed E-state index contributed by atoms with van der Waals surface area (Å²) in [6, 6.07) is 3.12. The van der Waals surface area contributed by atoms with Gasteiger partial charge in [-0.3, -0.25) is 4.79 Å². The molecule has 0 N–H and O–H groups in total. The minimum Gasteiger partial charge on any atom is -0.347 e. The van der Waals surface area contributed by atoms with Gasteiger partial charge in [0.25, 0.3) is 12.4 Å². The molecule has 0 aliphatic carbocycles. The summed E-state index contributed by atoms with van der Waals surface area (Å²) < 4.78 is 54.2. The zero-order valence-electron chi connectivity index (χ0n) is 13.8. The minimum atomic E-state index is -2.99. The molecular weight excluding hydrogens is 354 g/mol. The number of amides is 1. The van der Waals surface area contributed by atoms with Crippen LogP contribution < -0.4 is 0 Å². The summed E-state index contributed by atoms with van der Waals surface area (Å²) in [6.07, 6.45) is -1.82. The Bertz CT molecular complexity index is 986. The summed E-state index contributed by atoms with van der Waals surface area (Å²) in [5, 5.41) is 3.60. The van der Waals surface area contributed by atoms with Crippen LogP contribution in [0.25, 0.3) is 22.4 Å².